The lowest BCUT2D eigenvalue weighted by atomic mass is 9.99. The maximum atomic E-state index is 13.4. The minimum Gasteiger partial charge on any atom is -0.312 e. The van der Waals surface area contributed by atoms with Gasteiger partial charge in [0.15, 0.2) is 0 Å². The van der Waals surface area contributed by atoms with Gasteiger partial charge < -0.3 is 5.32 Å². The predicted octanol–water partition coefficient (Wildman–Crippen LogP) is 5.02. The summed E-state index contributed by atoms with van der Waals surface area (Å²) in [5, 5.41) is 3.31. The zero-order valence-corrected chi connectivity index (χ0v) is 17.2. The molecule has 0 radical (unpaired) electrons. The topological polar surface area (TPSA) is 63.2 Å². The molecule has 1 aromatic heterocycles. The highest BCUT2D eigenvalue weighted by molar-refractivity contribution is 7.92. The van der Waals surface area contributed by atoms with Crippen LogP contribution in [0.5, 0.6) is 0 Å². The molecule has 0 spiro atoms. The van der Waals surface area contributed by atoms with Crippen LogP contribution in [-0.4, -0.2) is 14.3 Å². The van der Waals surface area contributed by atoms with Crippen molar-refractivity contribution in [3.05, 3.63) is 76.2 Å². The minimum atomic E-state index is -3.71. The quantitative estimate of drug-likeness (QED) is 0.656. The summed E-state index contributed by atoms with van der Waals surface area (Å²) in [6.07, 6.45) is 3.60. The van der Waals surface area contributed by atoms with Gasteiger partial charge in [-0.2, -0.15) is 0 Å². The maximum absolute atomic E-state index is 13.4. The summed E-state index contributed by atoms with van der Waals surface area (Å²) < 4.78 is 26.8. The van der Waals surface area contributed by atoms with E-state index in [1.807, 2.05) is 19.1 Å². The Morgan fingerprint density at radius 3 is 2.36 bits per heavy atom. The molecule has 1 aliphatic carbocycles. The number of rotatable bonds is 4. The smallest absolute Gasteiger partial charge is 0.256 e. The summed E-state index contributed by atoms with van der Waals surface area (Å²) in [5.74, 6) is -0.289. The number of fused-ring (bicyclic) bond motifs is 1. The van der Waals surface area contributed by atoms with Crippen molar-refractivity contribution in [2.45, 2.75) is 42.4 Å². The monoisotopic (exact) mass is 411 g/mol. The van der Waals surface area contributed by atoms with Crippen molar-refractivity contribution >= 4 is 32.1 Å². The van der Waals surface area contributed by atoms with Crippen molar-refractivity contribution in [1.82, 2.24) is 0 Å². The summed E-state index contributed by atoms with van der Waals surface area (Å²) in [6, 6.07) is 15.7. The van der Waals surface area contributed by atoms with Crippen LogP contribution in [0.1, 0.15) is 39.2 Å². The molecule has 4 nitrogen and oxygen atoms in total. The second kappa shape index (κ2) is 7.53. The van der Waals surface area contributed by atoms with Gasteiger partial charge in [0.1, 0.15) is 9.90 Å². The first-order valence-corrected chi connectivity index (χ1v) is 11.6. The number of nitrogens with one attached hydrogen (secondary N) is 1. The Bertz CT molecular complexity index is 1110. The molecule has 0 unspecified atom stereocenters. The molecule has 0 aliphatic heterocycles. The second-order valence-electron chi connectivity index (χ2n) is 7.01. The highest BCUT2D eigenvalue weighted by Crippen LogP contribution is 2.43. The number of thiophene rings is 1. The zero-order valence-electron chi connectivity index (χ0n) is 15.6. The highest BCUT2D eigenvalue weighted by atomic mass is 32.2. The van der Waals surface area contributed by atoms with Crippen LogP contribution in [-0.2, 0) is 22.7 Å². The first kappa shape index (κ1) is 18.9. The molecule has 2 aromatic carbocycles. The van der Waals surface area contributed by atoms with E-state index in [-0.39, 0.29) is 15.7 Å². The Labute approximate surface area is 169 Å². The molecule has 6 heteroatoms. The van der Waals surface area contributed by atoms with Crippen molar-refractivity contribution in [2.75, 3.05) is 5.32 Å². The number of carbonyl (C=O) groups is 1. The van der Waals surface area contributed by atoms with Crippen LogP contribution in [0.4, 0.5) is 5.00 Å². The van der Waals surface area contributed by atoms with E-state index in [4.69, 9.17) is 0 Å². The van der Waals surface area contributed by atoms with Gasteiger partial charge in [-0.25, -0.2) is 8.42 Å². The lowest BCUT2D eigenvalue weighted by Crippen LogP contribution is -2.14. The molecule has 0 atom stereocenters. The van der Waals surface area contributed by atoms with Crippen LogP contribution in [0.3, 0.4) is 0 Å². The van der Waals surface area contributed by atoms with Gasteiger partial charge in [0.05, 0.1) is 4.90 Å². The molecule has 1 heterocycles. The number of hydrogen-bond donors (Lipinski definition) is 1. The van der Waals surface area contributed by atoms with Gasteiger partial charge in [0.2, 0.25) is 9.84 Å². The van der Waals surface area contributed by atoms with Crippen LogP contribution < -0.4 is 5.32 Å². The maximum Gasteiger partial charge on any atom is 0.256 e. The third-order valence-corrected chi connectivity index (χ3v) is 8.20. The Kier molecular flexibility index (Phi) is 5.08. The van der Waals surface area contributed by atoms with E-state index < -0.39 is 9.84 Å². The van der Waals surface area contributed by atoms with E-state index in [9.17, 15) is 13.2 Å². The summed E-state index contributed by atoms with van der Waals surface area (Å²) in [4.78, 5) is 14.4. The van der Waals surface area contributed by atoms with E-state index in [1.54, 1.807) is 42.5 Å². The largest absolute Gasteiger partial charge is 0.312 e. The van der Waals surface area contributed by atoms with Gasteiger partial charge in [0.25, 0.3) is 5.91 Å². The fraction of sp³-hybridized carbons (Fsp3) is 0.227. The number of sulfone groups is 1. The highest BCUT2D eigenvalue weighted by Gasteiger charge is 2.31. The number of anilines is 1. The summed E-state index contributed by atoms with van der Waals surface area (Å²) in [6.45, 7) is 1.96. The van der Waals surface area contributed by atoms with Crippen LogP contribution in [0.2, 0.25) is 0 Å². The number of benzene rings is 2. The first-order valence-electron chi connectivity index (χ1n) is 9.29. The van der Waals surface area contributed by atoms with Crippen LogP contribution in [0.15, 0.2) is 64.4 Å². The fourth-order valence-corrected chi connectivity index (χ4v) is 6.80. The molecule has 1 N–H and O–H groups in total. The molecule has 28 heavy (non-hydrogen) atoms. The van der Waals surface area contributed by atoms with Gasteiger partial charge in [-0.3, -0.25) is 4.79 Å². The zero-order chi connectivity index (χ0) is 19.7. The summed E-state index contributed by atoms with van der Waals surface area (Å²) >= 11 is 1.40. The average Bonchev–Trinajstić information content (AvgIpc) is 3.07. The molecule has 0 saturated carbocycles. The molecule has 0 saturated heterocycles. The predicted molar refractivity (Wildman–Crippen MR) is 112 cm³/mol. The Morgan fingerprint density at radius 1 is 0.964 bits per heavy atom. The van der Waals surface area contributed by atoms with E-state index in [0.29, 0.717) is 10.6 Å². The SMILES string of the molecule is Cc1ccc(C(=O)Nc2sc3c(c2S(=O)(=O)c2ccccc2)CCCC3)cc1. The Balaban J connectivity index is 1.79. The lowest BCUT2D eigenvalue weighted by Gasteiger charge is -2.14. The summed E-state index contributed by atoms with van der Waals surface area (Å²) in [5.41, 5.74) is 2.45. The van der Waals surface area contributed by atoms with E-state index in [0.717, 1.165) is 41.7 Å². The third-order valence-electron chi connectivity index (χ3n) is 4.99. The molecular weight excluding hydrogens is 390 g/mol. The number of aryl methyl sites for hydroxylation is 2. The van der Waals surface area contributed by atoms with Crippen LogP contribution in [0.25, 0.3) is 0 Å². The van der Waals surface area contributed by atoms with Crippen molar-refractivity contribution in [2.24, 2.45) is 0 Å². The minimum absolute atomic E-state index is 0.256. The summed E-state index contributed by atoms with van der Waals surface area (Å²) in [7, 11) is -3.71. The van der Waals surface area contributed by atoms with Crippen molar-refractivity contribution in [3.8, 4) is 0 Å². The van der Waals surface area contributed by atoms with Crippen molar-refractivity contribution in [1.29, 1.82) is 0 Å². The van der Waals surface area contributed by atoms with E-state index >= 15 is 0 Å². The van der Waals surface area contributed by atoms with Gasteiger partial charge >= 0.3 is 0 Å². The molecule has 1 amide bonds. The van der Waals surface area contributed by atoms with Gasteiger partial charge in [-0.05, 0) is 62.4 Å². The normalized spacial score (nSPS) is 13.8. The van der Waals surface area contributed by atoms with E-state index in [2.05, 4.69) is 5.32 Å². The number of amides is 1. The van der Waals surface area contributed by atoms with E-state index in [1.165, 1.54) is 11.3 Å². The molecule has 1 aliphatic rings. The van der Waals surface area contributed by atoms with Crippen LogP contribution in [0, 0.1) is 6.92 Å². The number of hydrogen-bond acceptors (Lipinski definition) is 4. The molecule has 144 valence electrons. The molecular formula is C22H21NO3S2. The first-order chi connectivity index (χ1) is 13.5. The Hall–Kier alpha value is -2.44. The average molecular weight is 412 g/mol. The standard InChI is InChI=1S/C22H21NO3S2/c1-15-11-13-16(14-12-15)21(24)23-22-20(18-9-5-6-10-19(18)27-22)28(25,26)17-7-3-2-4-8-17/h2-4,7-8,11-14H,5-6,9-10H2,1H3,(H,23,24). The molecule has 0 bridgehead atoms. The van der Waals surface area contributed by atoms with Gasteiger partial charge in [0, 0.05) is 10.4 Å². The molecule has 0 fully saturated rings. The van der Waals surface area contributed by atoms with Gasteiger partial charge in [-0.1, -0.05) is 35.9 Å². The van der Waals surface area contributed by atoms with Crippen molar-refractivity contribution in [3.63, 3.8) is 0 Å². The van der Waals surface area contributed by atoms with Gasteiger partial charge in [-0.15, -0.1) is 11.3 Å². The second-order valence-corrected chi connectivity index (χ2v) is 10.00. The lowest BCUT2D eigenvalue weighted by molar-refractivity contribution is 0.102. The fourth-order valence-electron chi connectivity index (χ4n) is 3.50. The van der Waals surface area contributed by atoms with Crippen molar-refractivity contribution < 1.29 is 13.2 Å². The van der Waals surface area contributed by atoms with Crippen LogP contribution >= 0.6 is 11.3 Å². The molecule has 4 rings (SSSR count). The third kappa shape index (κ3) is 3.50. The Morgan fingerprint density at radius 2 is 1.64 bits per heavy atom. The molecule has 3 aromatic rings. The number of carbonyl (C=O) groups excluding carboxylic acids is 1.